The molecule has 0 bridgehead atoms. The van der Waals surface area contributed by atoms with Crippen molar-refractivity contribution in [2.75, 3.05) is 6.61 Å². The summed E-state index contributed by atoms with van der Waals surface area (Å²) in [6.07, 6.45) is 1.66. The molecule has 1 aliphatic rings. The van der Waals surface area contributed by atoms with E-state index in [9.17, 15) is 4.39 Å². The second kappa shape index (κ2) is 7.79. The second-order valence-electron chi connectivity index (χ2n) is 4.92. The zero-order valence-corrected chi connectivity index (χ0v) is 13.9. The summed E-state index contributed by atoms with van der Waals surface area (Å²) < 4.78 is 18.3. The lowest BCUT2D eigenvalue weighted by Crippen LogP contribution is -2.10. The van der Waals surface area contributed by atoms with E-state index in [1.807, 2.05) is 36.6 Å². The number of aliphatic imine (C=N–C) groups is 1. The van der Waals surface area contributed by atoms with Gasteiger partial charge in [-0.2, -0.15) is 0 Å². The number of nitrogens with zero attached hydrogens (tertiary/aromatic N) is 2. The zero-order chi connectivity index (χ0) is 16.8. The summed E-state index contributed by atoms with van der Waals surface area (Å²) in [4.78, 5) is 4.29. The SMILES string of the molecule is CCOc1ccc(C2=CSC(/N=C/c3ccc(F)cc3)=NN2)cc1. The normalized spacial score (nSPS) is 14.1. The van der Waals surface area contributed by atoms with Crippen molar-refractivity contribution in [1.82, 2.24) is 5.43 Å². The minimum atomic E-state index is -0.263. The molecule has 0 saturated heterocycles. The lowest BCUT2D eigenvalue weighted by Gasteiger charge is -2.12. The van der Waals surface area contributed by atoms with Crippen LogP contribution < -0.4 is 10.2 Å². The van der Waals surface area contributed by atoms with Gasteiger partial charge in [-0.1, -0.05) is 23.9 Å². The molecule has 6 heteroatoms. The van der Waals surface area contributed by atoms with E-state index in [1.54, 1.807) is 18.3 Å². The van der Waals surface area contributed by atoms with Crippen LogP contribution in [0.25, 0.3) is 5.70 Å². The number of halogens is 1. The Bertz CT molecular complexity index is 783. The monoisotopic (exact) mass is 341 g/mol. The molecule has 0 aromatic heterocycles. The number of hydrazone groups is 1. The molecule has 0 saturated carbocycles. The Morgan fingerprint density at radius 2 is 1.92 bits per heavy atom. The number of ether oxygens (including phenoxy) is 1. The Morgan fingerprint density at radius 3 is 2.54 bits per heavy atom. The molecule has 0 unspecified atom stereocenters. The van der Waals surface area contributed by atoms with Crippen molar-refractivity contribution in [3.8, 4) is 5.75 Å². The first-order valence-electron chi connectivity index (χ1n) is 7.48. The van der Waals surface area contributed by atoms with Gasteiger partial charge in [-0.05, 0) is 48.9 Å². The number of hydrogen-bond acceptors (Lipinski definition) is 5. The summed E-state index contributed by atoms with van der Waals surface area (Å²) in [5.41, 5.74) is 5.75. The molecule has 0 amide bonds. The zero-order valence-electron chi connectivity index (χ0n) is 13.1. The lowest BCUT2D eigenvalue weighted by molar-refractivity contribution is 0.340. The van der Waals surface area contributed by atoms with E-state index in [-0.39, 0.29) is 5.82 Å². The van der Waals surface area contributed by atoms with E-state index in [1.165, 1.54) is 23.9 Å². The van der Waals surface area contributed by atoms with E-state index < -0.39 is 0 Å². The predicted molar refractivity (Wildman–Crippen MR) is 97.7 cm³/mol. The molecule has 1 heterocycles. The Kier molecular flexibility index (Phi) is 5.28. The molecule has 0 fully saturated rings. The van der Waals surface area contributed by atoms with Crippen LogP contribution in [0.5, 0.6) is 5.75 Å². The van der Waals surface area contributed by atoms with Gasteiger partial charge in [0.25, 0.3) is 0 Å². The van der Waals surface area contributed by atoms with Crippen LogP contribution in [0.4, 0.5) is 4.39 Å². The highest BCUT2D eigenvalue weighted by molar-refractivity contribution is 8.16. The lowest BCUT2D eigenvalue weighted by atomic mass is 10.2. The Balaban J connectivity index is 1.61. The highest BCUT2D eigenvalue weighted by Gasteiger charge is 2.08. The van der Waals surface area contributed by atoms with E-state index in [2.05, 4.69) is 15.5 Å². The predicted octanol–water partition coefficient (Wildman–Crippen LogP) is 4.25. The number of benzene rings is 2. The molecule has 0 atom stereocenters. The quantitative estimate of drug-likeness (QED) is 0.846. The van der Waals surface area contributed by atoms with Gasteiger partial charge in [0, 0.05) is 17.2 Å². The Labute approximate surface area is 144 Å². The van der Waals surface area contributed by atoms with Crippen LogP contribution in [0.3, 0.4) is 0 Å². The fourth-order valence-corrected chi connectivity index (χ4v) is 2.66. The van der Waals surface area contributed by atoms with Crippen molar-refractivity contribution in [2.24, 2.45) is 10.1 Å². The maximum absolute atomic E-state index is 12.9. The van der Waals surface area contributed by atoms with Crippen LogP contribution in [0, 0.1) is 5.82 Å². The first-order chi connectivity index (χ1) is 11.7. The van der Waals surface area contributed by atoms with Crippen molar-refractivity contribution in [2.45, 2.75) is 6.92 Å². The second-order valence-corrected chi connectivity index (χ2v) is 5.76. The minimum absolute atomic E-state index is 0.263. The van der Waals surface area contributed by atoms with Crippen molar-refractivity contribution in [3.63, 3.8) is 0 Å². The topological polar surface area (TPSA) is 46.0 Å². The molecule has 0 radical (unpaired) electrons. The van der Waals surface area contributed by atoms with Gasteiger partial charge in [-0.3, -0.25) is 5.43 Å². The van der Waals surface area contributed by atoms with Crippen molar-refractivity contribution >= 4 is 28.8 Å². The van der Waals surface area contributed by atoms with Gasteiger partial charge < -0.3 is 4.74 Å². The molecule has 24 heavy (non-hydrogen) atoms. The largest absolute Gasteiger partial charge is 0.494 e. The molecular weight excluding hydrogens is 325 g/mol. The molecule has 2 aromatic rings. The molecular formula is C18H16FN3OS. The summed E-state index contributed by atoms with van der Waals surface area (Å²) in [5.74, 6) is 0.583. The highest BCUT2D eigenvalue weighted by Crippen LogP contribution is 2.23. The fourth-order valence-electron chi connectivity index (χ4n) is 2.04. The van der Waals surface area contributed by atoms with Gasteiger partial charge in [0.2, 0.25) is 5.17 Å². The van der Waals surface area contributed by atoms with Gasteiger partial charge in [0.15, 0.2) is 0 Å². The van der Waals surface area contributed by atoms with Crippen LogP contribution in [0.1, 0.15) is 18.1 Å². The maximum atomic E-state index is 12.9. The average Bonchev–Trinajstić information content (AvgIpc) is 2.63. The molecule has 2 aromatic carbocycles. The summed E-state index contributed by atoms with van der Waals surface area (Å²) >= 11 is 1.43. The molecule has 0 aliphatic carbocycles. The fraction of sp³-hybridized carbons (Fsp3) is 0.111. The van der Waals surface area contributed by atoms with Gasteiger partial charge in [0.1, 0.15) is 11.6 Å². The van der Waals surface area contributed by atoms with Crippen molar-refractivity contribution in [1.29, 1.82) is 0 Å². The minimum Gasteiger partial charge on any atom is -0.494 e. The van der Waals surface area contributed by atoms with E-state index in [4.69, 9.17) is 4.74 Å². The molecule has 1 aliphatic heterocycles. The van der Waals surface area contributed by atoms with E-state index in [0.29, 0.717) is 11.8 Å². The van der Waals surface area contributed by atoms with Crippen LogP contribution in [0.2, 0.25) is 0 Å². The summed E-state index contributed by atoms with van der Waals surface area (Å²) in [6, 6.07) is 14.0. The number of amidine groups is 1. The molecule has 122 valence electrons. The van der Waals surface area contributed by atoms with Crippen molar-refractivity contribution in [3.05, 3.63) is 70.9 Å². The third-order valence-corrected chi connectivity index (χ3v) is 3.99. The molecule has 1 N–H and O–H groups in total. The van der Waals surface area contributed by atoms with E-state index >= 15 is 0 Å². The Hall–Kier alpha value is -2.60. The van der Waals surface area contributed by atoms with Gasteiger partial charge in [-0.25, -0.2) is 9.38 Å². The van der Waals surface area contributed by atoms with E-state index in [0.717, 1.165) is 22.6 Å². The molecule has 0 spiro atoms. The van der Waals surface area contributed by atoms with Crippen LogP contribution in [-0.4, -0.2) is 18.0 Å². The number of thioether (sulfide) groups is 1. The third kappa shape index (κ3) is 4.23. The number of rotatable bonds is 4. The third-order valence-electron chi connectivity index (χ3n) is 3.22. The van der Waals surface area contributed by atoms with Gasteiger partial charge in [0.05, 0.1) is 12.3 Å². The van der Waals surface area contributed by atoms with Crippen LogP contribution in [-0.2, 0) is 0 Å². The molecule has 4 nitrogen and oxygen atoms in total. The smallest absolute Gasteiger partial charge is 0.210 e. The highest BCUT2D eigenvalue weighted by atomic mass is 32.2. The average molecular weight is 341 g/mol. The summed E-state index contributed by atoms with van der Waals surface area (Å²) in [5, 5.41) is 6.79. The molecule has 3 rings (SSSR count). The Morgan fingerprint density at radius 1 is 1.17 bits per heavy atom. The van der Waals surface area contributed by atoms with Crippen molar-refractivity contribution < 1.29 is 9.13 Å². The summed E-state index contributed by atoms with van der Waals surface area (Å²) in [6.45, 7) is 2.61. The van der Waals surface area contributed by atoms with Gasteiger partial charge in [-0.15, -0.1) is 5.10 Å². The first-order valence-corrected chi connectivity index (χ1v) is 8.36. The van der Waals surface area contributed by atoms with Crippen LogP contribution >= 0.6 is 11.8 Å². The summed E-state index contributed by atoms with van der Waals surface area (Å²) in [7, 11) is 0. The van der Waals surface area contributed by atoms with Gasteiger partial charge >= 0.3 is 0 Å². The maximum Gasteiger partial charge on any atom is 0.210 e. The first kappa shape index (κ1) is 16.3. The number of hydrogen-bond donors (Lipinski definition) is 1. The van der Waals surface area contributed by atoms with Crippen LogP contribution in [0.15, 0.2) is 64.0 Å². The standard InChI is InChI=1S/C18H16FN3OS/c1-2-23-16-9-5-14(6-10-16)17-12-24-18(22-21-17)20-11-13-3-7-15(19)8-4-13/h3-12,21H,2H2,1H3/b20-11+. The number of nitrogens with one attached hydrogen (secondary N) is 1.